The highest BCUT2D eigenvalue weighted by Crippen LogP contribution is 2.12. The third kappa shape index (κ3) is 2.82. The van der Waals surface area contributed by atoms with Gasteiger partial charge in [-0.3, -0.25) is 14.8 Å². The van der Waals surface area contributed by atoms with Crippen LogP contribution in [0.3, 0.4) is 0 Å². The summed E-state index contributed by atoms with van der Waals surface area (Å²) in [4.78, 5) is 19.8. The highest BCUT2D eigenvalue weighted by Gasteiger charge is 2.12. The summed E-state index contributed by atoms with van der Waals surface area (Å²) >= 11 is 0. The molecule has 2 rings (SSSR count). The monoisotopic (exact) mass is 243 g/mol. The summed E-state index contributed by atoms with van der Waals surface area (Å²) in [6, 6.07) is 6.68. The summed E-state index contributed by atoms with van der Waals surface area (Å²) in [6.07, 6.45) is 4.35. The minimum absolute atomic E-state index is 0.0341. The van der Waals surface area contributed by atoms with E-state index in [2.05, 4.69) is 15.3 Å². The van der Waals surface area contributed by atoms with Crippen molar-refractivity contribution in [3.8, 4) is 5.75 Å². The van der Waals surface area contributed by atoms with Gasteiger partial charge in [-0.05, 0) is 25.1 Å². The molecule has 1 amide bonds. The van der Waals surface area contributed by atoms with E-state index in [1.165, 1.54) is 18.5 Å². The number of nitrogens with zero attached hydrogens (tertiary/aromatic N) is 2. The standard InChI is InChI=1S/C13H13N3O2/c1-9(12-4-2-3-5-15-12)16-13(18)10-6-11(17)8-14-7-10/h2-9,17H,1H3,(H,16,18). The van der Waals surface area contributed by atoms with Crippen molar-refractivity contribution < 1.29 is 9.90 Å². The third-order valence-corrected chi connectivity index (χ3v) is 2.47. The molecule has 2 aromatic heterocycles. The van der Waals surface area contributed by atoms with Crippen molar-refractivity contribution in [2.45, 2.75) is 13.0 Å². The molecule has 0 aliphatic heterocycles. The fourth-order valence-electron chi connectivity index (χ4n) is 1.54. The predicted octanol–water partition coefficient (Wildman–Crippen LogP) is 1.67. The topological polar surface area (TPSA) is 75.1 Å². The van der Waals surface area contributed by atoms with Crippen LogP contribution in [0.5, 0.6) is 5.75 Å². The lowest BCUT2D eigenvalue weighted by molar-refractivity contribution is 0.0938. The molecule has 0 saturated heterocycles. The average Bonchev–Trinajstić information content (AvgIpc) is 2.39. The fourth-order valence-corrected chi connectivity index (χ4v) is 1.54. The molecule has 0 bridgehead atoms. The maximum atomic E-state index is 11.9. The lowest BCUT2D eigenvalue weighted by Crippen LogP contribution is -2.27. The lowest BCUT2D eigenvalue weighted by atomic mass is 10.2. The number of hydrogen-bond acceptors (Lipinski definition) is 4. The van der Waals surface area contributed by atoms with Crippen LogP contribution in [-0.2, 0) is 0 Å². The first kappa shape index (κ1) is 12.0. The van der Waals surface area contributed by atoms with Crippen LogP contribution in [0.15, 0.2) is 42.9 Å². The van der Waals surface area contributed by atoms with E-state index in [4.69, 9.17) is 0 Å². The maximum Gasteiger partial charge on any atom is 0.253 e. The van der Waals surface area contributed by atoms with E-state index in [1.54, 1.807) is 6.20 Å². The van der Waals surface area contributed by atoms with E-state index < -0.39 is 0 Å². The molecule has 0 aromatic carbocycles. The number of pyridine rings is 2. The Balaban J connectivity index is 2.08. The zero-order valence-electron chi connectivity index (χ0n) is 9.87. The van der Waals surface area contributed by atoms with E-state index >= 15 is 0 Å². The Labute approximate surface area is 105 Å². The average molecular weight is 243 g/mol. The van der Waals surface area contributed by atoms with Gasteiger partial charge >= 0.3 is 0 Å². The van der Waals surface area contributed by atoms with E-state index in [0.29, 0.717) is 5.56 Å². The zero-order valence-corrected chi connectivity index (χ0v) is 9.87. The summed E-state index contributed by atoms with van der Waals surface area (Å²) < 4.78 is 0. The number of rotatable bonds is 3. The second-order valence-corrected chi connectivity index (χ2v) is 3.88. The van der Waals surface area contributed by atoms with Gasteiger partial charge in [-0.15, -0.1) is 0 Å². The van der Waals surface area contributed by atoms with Crippen molar-refractivity contribution in [1.82, 2.24) is 15.3 Å². The van der Waals surface area contributed by atoms with Crippen LogP contribution in [-0.4, -0.2) is 21.0 Å². The summed E-state index contributed by atoms with van der Waals surface area (Å²) in [5.41, 5.74) is 1.09. The number of hydrogen-bond donors (Lipinski definition) is 2. The molecule has 5 heteroatoms. The van der Waals surface area contributed by atoms with Crippen LogP contribution in [0.1, 0.15) is 29.0 Å². The molecule has 0 radical (unpaired) electrons. The van der Waals surface area contributed by atoms with Crippen molar-refractivity contribution in [1.29, 1.82) is 0 Å². The number of nitrogens with one attached hydrogen (secondary N) is 1. The van der Waals surface area contributed by atoms with E-state index in [0.717, 1.165) is 5.69 Å². The Hall–Kier alpha value is -2.43. The summed E-state index contributed by atoms with van der Waals surface area (Å²) in [5, 5.41) is 12.0. The van der Waals surface area contributed by atoms with Gasteiger partial charge in [0, 0.05) is 12.4 Å². The third-order valence-electron chi connectivity index (χ3n) is 2.47. The zero-order chi connectivity index (χ0) is 13.0. The number of aromatic nitrogens is 2. The Morgan fingerprint density at radius 2 is 2.22 bits per heavy atom. The molecule has 0 aliphatic rings. The van der Waals surface area contributed by atoms with Gasteiger partial charge in [0.25, 0.3) is 5.91 Å². The van der Waals surface area contributed by atoms with Gasteiger partial charge in [-0.2, -0.15) is 0 Å². The molecule has 2 aromatic rings. The minimum atomic E-state index is -0.295. The summed E-state index contributed by atoms with van der Waals surface area (Å²) in [5.74, 6) is -0.329. The number of carbonyl (C=O) groups is 1. The lowest BCUT2D eigenvalue weighted by Gasteiger charge is -2.13. The Morgan fingerprint density at radius 3 is 2.89 bits per heavy atom. The Morgan fingerprint density at radius 1 is 1.39 bits per heavy atom. The fraction of sp³-hybridized carbons (Fsp3) is 0.154. The predicted molar refractivity (Wildman–Crippen MR) is 66.0 cm³/mol. The molecule has 5 nitrogen and oxygen atoms in total. The number of carbonyl (C=O) groups excluding carboxylic acids is 1. The molecule has 0 fully saturated rings. The van der Waals surface area contributed by atoms with Crippen molar-refractivity contribution in [2.24, 2.45) is 0 Å². The van der Waals surface area contributed by atoms with Crippen LogP contribution in [0, 0.1) is 0 Å². The molecule has 0 spiro atoms. The van der Waals surface area contributed by atoms with Crippen molar-refractivity contribution in [3.63, 3.8) is 0 Å². The minimum Gasteiger partial charge on any atom is -0.506 e. The quantitative estimate of drug-likeness (QED) is 0.859. The summed E-state index contributed by atoms with van der Waals surface area (Å²) in [6.45, 7) is 1.84. The normalized spacial score (nSPS) is 11.8. The van der Waals surface area contributed by atoms with Gasteiger partial charge in [0.15, 0.2) is 0 Å². The number of amides is 1. The van der Waals surface area contributed by atoms with Crippen LogP contribution in [0.25, 0.3) is 0 Å². The Bertz CT molecular complexity index is 543. The van der Waals surface area contributed by atoms with Crippen molar-refractivity contribution in [3.05, 3.63) is 54.1 Å². The van der Waals surface area contributed by atoms with Gasteiger partial charge in [0.05, 0.1) is 23.5 Å². The van der Waals surface area contributed by atoms with Gasteiger partial charge < -0.3 is 10.4 Å². The highest BCUT2D eigenvalue weighted by molar-refractivity contribution is 5.94. The first-order valence-electron chi connectivity index (χ1n) is 5.52. The van der Waals surface area contributed by atoms with Gasteiger partial charge in [-0.25, -0.2) is 0 Å². The molecule has 1 unspecified atom stereocenters. The molecular weight excluding hydrogens is 230 g/mol. The largest absolute Gasteiger partial charge is 0.506 e. The second-order valence-electron chi connectivity index (χ2n) is 3.88. The van der Waals surface area contributed by atoms with Crippen LogP contribution in [0.2, 0.25) is 0 Å². The SMILES string of the molecule is CC(NC(=O)c1cncc(O)c1)c1ccccn1. The molecule has 18 heavy (non-hydrogen) atoms. The van der Waals surface area contributed by atoms with Crippen LogP contribution >= 0.6 is 0 Å². The van der Waals surface area contributed by atoms with E-state index in [-0.39, 0.29) is 17.7 Å². The van der Waals surface area contributed by atoms with Crippen LogP contribution < -0.4 is 5.32 Å². The van der Waals surface area contributed by atoms with Gasteiger partial charge in [0.1, 0.15) is 5.75 Å². The van der Waals surface area contributed by atoms with Crippen molar-refractivity contribution >= 4 is 5.91 Å². The first-order valence-corrected chi connectivity index (χ1v) is 5.52. The van der Waals surface area contributed by atoms with Gasteiger partial charge in [0.2, 0.25) is 0 Å². The number of aromatic hydroxyl groups is 1. The molecule has 0 aliphatic carbocycles. The van der Waals surface area contributed by atoms with Crippen LogP contribution in [0.4, 0.5) is 0 Å². The summed E-state index contributed by atoms with van der Waals surface area (Å²) in [7, 11) is 0. The molecule has 2 heterocycles. The first-order chi connectivity index (χ1) is 8.66. The van der Waals surface area contributed by atoms with Gasteiger partial charge in [-0.1, -0.05) is 6.07 Å². The second kappa shape index (κ2) is 5.27. The Kier molecular flexibility index (Phi) is 3.52. The van der Waals surface area contributed by atoms with E-state index in [9.17, 15) is 9.90 Å². The van der Waals surface area contributed by atoms with E-state index in [1.807, 2.05) is 25.1 Å². The van der Waals surface area contributed by atoms with Crippen molar-refractivity contribution in [2.75, 3.05) is 0 Å². The maximum absolute atomic E-state index is 11.9. The molecule has 2 N–H and O–H groups in total. The molecule has 1 atom stereocenters. The molecular formula is C13H13N3O2. The smallest absolute Gasteiger partial charge is 0.253 e. The molecule has 92 valence electrons. The highest BCUT2D eigenvalue weighted by atomic mass is 16.3. The molecule has 0 saturated carbocycles.